The largest absolute Gasteiger partial charge is 0.508 e. The van der Waals surface area contributed by atoms with Crippen LogP contribution in [-0.4, -0.2) is 51.2 Å². The molecule has 2 rings (SSSR count). The van der Waals surface area contributed by atoms with Gasteiger partial charge in [0.05, 0.1) is 6.61 Å². The lowest BCUT2D eigenvalue weighted by Gasteiger charge is -2.16. The fourth-order valence-electron chi connectivity index (χ4n) is 1.81. The molecule has 1 heterocycles. The molecule has 0 unspecified atom stereocenters. The Morgan fingerprint density at radius 2 is 1.96 bits per heavy atom. The van der Waals surface area contributed by atoms with Crippen molar-refractivity contribution in [2.24, 2.45) is 0 Å². The lowest BCUT2D eigenvalue weighted by Crippen LogP contribution is -2.32. The van der Waals surface area contributed by atoms with E-state index in [2.05, 4.69) is 4.74 Å². The number of carbonyl (C=O) groups excluding carboxylic acids is 2. The number of benzene rings is 1. The van der Waals surface area contributed by atoms with Crippen molar-refractivity contribution in [3.63, 3.8) is 0 Å². The lowest BCUT2D eigenvalue weighted by molar-refractivity contribution is -0.150. The van der Waals surface area contributed by atoms with E-state index in [-0.39, 0.29) is 5.75 Å². The molecule has 4 N–H and O–H groups in total. The van der Waals surface area contributed by atoms with Crippen LogP contribution in [-0.2, 0) is 19.1 Å². The summed E-state index contributed by atoms with van der Waals surface area (Å²) in [7, 11) is 0. The van der Waals surface area contributed by atoms with Crippen LogP contribution in [0.1, 0.15) is 5.56 Å². The van der Waals surface area contributed by atoms with E-state index in [1.807, 2.05) is 0 Å². The van der Waals surface area contributed by atoms with Crippen molar-refractivity contribution < 1.29 is 39.5 Å². The number of phenolic OH excluding ortho intramolecular Hbond substituents is 1. The lowest BCUT2D eigenvalue weighted by atomic mass is 10.2. The Balaban J connectivity index is 2.08. The van der Waals surface area contributed by atoms with Gasteiger partial charge in [0.15, 0.2) is 6.10 Å². The molecule has 8 heteroatoms. The average molecular weight is 322 g/mol. The standard InChI is InChI=1S/C15H14O8/c16-7-10(18)13-14(12(20)15(21)23-13)22-11(19)6-3-8-1-4-9(17)5-2-8/h1-6,10,13,16-18,20H,7H2/b6-3+/t10-,13-/m1/s1. The summed E-state index contributed by atoms with van der Waals surface area (Å²) in [4.78, 5) is 23.0. The van der Waals surface area contributed by atoms with Crippen LogP contribution in [0.3, 0.4) is 0 Å². The third kappa shape index (κ3) is 3.87. The van der Waals surface area contributed by atoms with E-state index in [1.54, 1.807) is 12.1 Å². The van der Waals surface area contributed by atoms with Gasteiger partial charge in [0, 0.05) is 6.08 Å². The highest BCUT2D eigenvalue weighted by Crippen LogP contribution is 2.25. The maximum Gasteiger partial charge on any atom is 0.378 e. The minimum atomic E-state index is -1.53. The van der Waals surface area contributed by atoms with Gasteiger partial charge in [-0.15, -0.1) is 0 Å². The normalized spacial score (nSPS) is 19.0. The van der Waals surface area contributed by atoms with Crippen LogP contribution in [0.5, 0.6) is 5.75 Å². The second-order valence-corrected chi connectivity index (χ2v) is 4.63. The Labute approximate surface area is 130 Å². The second-order valence-electron chi connectivity index (χ2n) is 4.63. The zero-order chi connectivity index (χ0) is 17.0. The monoisotopic (exact) mass is 322 g/mol. The van der Waals surface area contributed by atoms with Gasteiger partial charge >= 0.3 is 11.9 Å². The van der Waals surface area contributed by atoms with Gasteiger partial charge in [-0.3, -0.25) is 0 Å². The van der Waals surface area contributed by atoms with Gasteiger partial charge in [0.25, 0.3) is 0 Å². The average Bonchev–Trinajstić information content (AvgIpc) is 2.82. The van der Waals surface area contributed by atoms with E-state index >= 15 is 0 Å². The first-order valence-corrected chi connectivity index (χ1v) is 6.54. The Morgan fingerprint density at radius 1 is 1.30 bits per heavy atom. The molecule has 0 bridgehead atoms. The highest BCUT2D eigenvalue weighted by molar-refractivity contribution is 5.92. The Hall–Kier alpha value is -2.84. The minimum absolute atomic E-state index is 0.0715. The number of aliphatic hydroxyl groups is 3. The van der Waals surface area contributed by atoms with Crippen LogP contribution in [0.25, 0.3) is 6.08 Å². The highest BCUT2D eigenvalue weighted by atomic mass is 16.6. The van der Waals surface area contributed by atoms with E-state index in [0.717, 1.165) is 6.08 Å². The maximum absolute atomic E-state index is 11.7. The smallest absolute Gasteiger partial charge is 0.378 e. The van der Waals surface area contributed by atoms with Gasteiger partial charge in [0.1, 0.15) is 11.9 Å². The van der Waals surface area contributed by atoms with Crippen molar-refractivity contribution in [2.75, 3.05) is 6.61 Å². The summed E-state index contributed by atoms with van der Waals surface area (Å²) in [6, 6.07) is 5.96. The van der Waals surface area contributed by atoms with Gasteiger partial charge in [-0.1, -0.05) is 12.1 Å². The molecular weight excluding hydrogens is 308 g/mol. The third-order valence-electron chi connectivity index (χ3n) is 2.97. The third-order valence-corrected chi connectivity index (χ3v) is 2.97. The molecule has 1 aromatic rings. The second kappa shape index (κ2) is 6.95. The Kier molecular flexibility index (Phi) is 4.99. The molecule has 0 saturated carbocycles. The van der Waals surface area contributed by atoms with Crippen molar-refractivity contribution in [3.8, 4) is 5.75 Å². The van der Waals surface area contributed by atoms with Crippen LogP contribution < -0.4 is 0 Å². The van der Waals surface area contributed by atoms with E-state index in [9.17, 15) is 19.8 Å². The minimum Gasteiger partial charge on any atom is -0.508 e. The predicted octanol–water partition coefficient (Wildman–Crippen LogP) is -0.00320. The number of carbonyl (C=O) groups is 2. The fourth-order valence-corrected chi connectivity index (χ4v) is 1.81. The van der Waals surface area contributed by atoms with Gasteiger partial charge in [-0.05, 0) is 23.8 Å². The van der Waals surface area contributed by atoms with Crippen LogP contribution in [0.15, 0.2) is 41.9 Å². The number of aromatic hydroxyl groups is 1. The molecule has 2 atom stereocenters. The van der Waals surface area contributed by atoms with E-state index < -0.39 is 42.3 Å². The number of aliphatic hydroxyl groups excluding tert-OH is 3. The van der Waals surface area contributed by atoms with E-state index in [0.29, 0.717) is 5.56 Å². The molecule has 0 spiro atoms. The van der Waals surface area contributed by atoms with Crippen molar-refractivity contribution in [1.82, 2.24) is 0 Å². The number of hydrogen-bond acceptors (Lipinski definition) is 8. The van der Waals surface area contributed by atoms with Crippen molar-refractivity contribution in [2.45, 2.75) is 12.2 Å². The molecule has 8 nitrogen and oxygen atoms in total. The van der Waals surface area contributed by atoms with Crippen molar-refractivity contribution in [1.29, 1.82) is 0 Å². The zero-order valence-corrected chi connectivity index (χ0v) is 11.7. The zero-order valence-electron chi connectivity index (χ0n) is 11.7. The van der Waals surface area contributed by atoms with Crippen LogP contribution in [0.2, 0.25) is 0 Å². The van der Waals surface area contributed by atoms with Crippen molar-refractivity contribution in [3.05, 3.63) is 47.4 Å². The summed E-state index contributed by atoms with van der Waals surface area (Å²) in [5.74, 6) is -3.51. The maximum atomic E-state index is 11.7. The Bertz CT molecular complexity index is 659. The summed E-state index contributed by atoms with van der Waals surface area (Å²) in [6.45, 7) is -0.754. The summed E-state index contributed by atoms with van der Waals surface area (Å²) in [5.41, 5.74) is 0.601. The fraction of sp³-hybridized carbons (Fsp3) is 0.200. The summed E-state index contributed by atoms with van der Waals surface area (Å²) in [6.07, 6.45) is -0.585. The van der Waals surface area contributed by atoms with Gasteiger partial charge in [0.2, 0.25) is 11.5 Å². The van der Waals surface area contributed by atoms with Gasteiger partial charge in [-0.2, -0.15) is 0 Å². The van der Waals surface area contributed by atoms with Crippen LogP contribution in [0, 0.1) is 0 Å². The number of hydrogen-bond donors (Lipinski definition) is 4. The first kappa shape index (κ1) is 16.5. The van der Waals surface area contributed by atoms with Gasteiger partial charge in [-0.25, -0.2) is 9.59 Å². The molecule has 0 aromatic heterocycles. The van der Waals surface area contributed by atoms with Gasteiger partial charge < -0.3 is 29.9 Å². The number of phenols is 1. The highest BCUT2D eigenvalue weighted by Gasteiger charge is 2.41. The summed E-state index contributed by atoms with van der Waals surface area (Å²) >= 11 is 0. The summed E-state index contributed by atoms with van der Waals surface area (Å²) < 4.78 is 9.43. The van der Waals surface area contributed by atoms with Crippen LogP contribution in [0.4, 0.5) is 0 Å². The topological polar surface area (TPSA) is 134 Å². The van der Waals surface area contributed by atoms with Crippen molar-refractivity contribution >= 4 is 18.0 Å². The number of rotatable bonds is 5. The molecule has 1 aliphatic heterocycles. The molecule has 0 radical (unpaired) electrons. The molecule has 0 aliphatic carbocycles. The molecule has 0 saturated heterocycles. The van der Waals surface area contributed by atoms with E-state index in [1.165, 1.54) is 18.2 Å². The first-order valence-electron chi connectivity index (χ1n) is 6.54. The van der Waals surface area contributed by atoms with Crippen LogP contribution >= 0.6 is 0 Å². The number of cyclic esters (lactones) is 1. The quantitative estimate of drug-likeness (QED) is 0.439. The molecule has 0 fully saturated rings. The molecule has 1 aliphatic rings. The molecule has 23 heavy (non-hydrogen) atoms. The summed E-state index contributed by atoms with van der Waals surface area (Å²) in [5, 5.41) is 37.0. The molecule has 122 valence electrons. The number of ether oxygens (including phenoxy) is 2. The molecule has 1 aromatic carbocycles. The first-order chi connectivity index (χ1) is 10.9. The Morgan fingerprint density at radius 3 is 2.57 bits per heavy atom. The molecule has 0 amide bonds. The molecular formula is C15H14O8. The number of esters is 2. The predicted molar refractivity (Wildman–Crippen MR) is 75.9 cm³/mol. The SMILES string of the molecule is O=C(/C=C/c1ccc(O)cc1)OC1=C(O)C(=O)O[C@@H]1[C@H](O)CO. The van der Waals surface area contributed by atoms with E-state index in [4.69, 9.17) is 14.9 Å².